The molecular weight excluding hydrogens is 424 g/mol. The van der Waals surface area contributed by atoms with Crippen LogP contribution in [0.5, 0.6) is 5.75 Å². The summed E-state index contributed by atoms with van der Waals surface area (Å²) in [6.45, 7) is 4.61. The third-order valence-corrected chi connectivity index (χ3v) is 5.33. The van der Waals surface area contributed by atoms with Gasteiger partial charge in [-0.25, -0.2) is 0 Å². The average Bonchev–Trinajstić information content (AvgIpc) is 3.47. The second-order valence-electron chi connectivity index (χ2n) is 7.57. The average molecular weight is 453 g/mol. The van der Waals surface area contributed by atoms with E-state index in [1.165, 1.54) is 29.5 Å². The van der Waals surface area contributed by atoms with E-state index in [9.17, 15) is 5.26 Å². The van der Waals surface area contributed by atoms with Crippen molar-refractivity contribution in [1.82, 2.24) is 10.1 Å². The van der Waals surface area contributed by atoms with Crippen LogP contribution in [0.4, 0.5) is 0 Å². The topological polar surface area (TPSA) is 107 Å². The molecule has 0 saturated heterocycles. The van der Waals surface area contributed by atoms with E-state index in [0.29, 0.717) is 28.6 Å². The maximum absolute atomic E-state index is 9.40. The number of hydrogen-bond acceptors (Lipinski definition) is 8. The second kappa shape index (κ2) is 11.7. The summed E-state index contributed by atoms with van der Waals surface area (Å²) >= 11 is 1.30. The van der Waals surface area contributed by atoms with Crippen molar-refractivity contribution in [3.05, 3.63) is 53.1 Å². The molecule has 2 N–H and O–H groups in total. The SMILES string of the molecule is CC(C)Oc1ccc(-c2nc(-c3cccc4c3CCC4)no2)cc1C#N.COCCSN. The van der Waals surface area contributed by atoms with Gasteiger partial charge in [0.2, 0.25) is 5.82 Å². The lowest BCUT2D eigenvalue weighted by molar-refractivity contribution is 0.218. The minimum Gasteiger partial charge on any atom is -0.490 e. The number of methoxy groups -OCH3 is 1. The summed E-state index contributed by atoms with van der Waals surface area (Å²) in [5.74, 6) is 2.45. The van der Waals surface area contributed by atoms with Gasteiger partial charge < -0.3 is 14.0 Å². The Balaban J connectivity index is 0.000000427. The molecule has 0 saturated carbocycles. The number of hydrogen-bond donors (Lipinski definition) is 1. The molecule has 1 aliphatic rings. The zero-order chi connectivity index (χ0) is 22.9. The molecule has 4 rings (SSSR count). The third-order valence-electron chi connectivity index (χ3n) is 4.93. The molecule has 0 amide bonds. The number of nitrogens with zero attached hydrogens (tertiary/aromatic N) is 3. The van der Waals surface area contributed by atoms with Crippen LogP contribution in [0.2, 0.25) is 0 Å². The monoisotopic (exact) mass is 452 g/mol. The Bertz CT molecular complexity index is 1070. The van der Waals surface area contributed by atoms with Gasteiger partial charge in [-0.1, -0.05) is 35.3 Å². The molecule has 1 heterocycles. The van der Waals surface area contributed by atoms with Crippen molar-refractivity contribution in [3.63, 3.8) is 0 Å². The lowest BCUT2D eigenvalue weighted by Gasteiger charge is -2.11. The van der Waals surface area contributed by atoms with Gasteiger partial charge >= 0.3 is 0 Å². The quantitative estimate of drug-likeness (QED) is 0.403. The predicted octanol–water partition coefficient (Wildman–Crippen LogP) is 4.79. The highest BCUT2D eigenvalue weighted by atomic mass is 32.2. The van der Waals surface area contributed by atoms with Gasteiger partial charge in [0.25, 0.3) is 5.89 Å². The lowest BCUT2D eigenvalue weighted by atomic mass is 10.0. The van der Waals surface area contributed by atoms with Crippen LogP contribution in [0.15, 0.2) is 40.9 Å². The van der Waals surface area contributed by atoms with Gasteiger partial charge in [-0.3, -0.25) is 5.14 Å². The molecule has 3 aromatic rings. The normalized spacial score (nSPS) is 12.1. The van der Waals surface area contributed by atoms with Gasteiger partial charge in [-0.15, -0.1) is 0 Å². The van der Waals surface area contributed by atoms with E-state index >= 15 is 0 Å². The van der Waals surface area contributed by atoms with Gasteiger partial charge in [0.05, 0.1) is 18.3 Å². The Hall–Kier alpha value is -2.86. The maximum atomic E-state index is 9.40. The zero-order valence-corrected chi connectivity index (χ0v) is 19.4. The largest absolute Gasteiger partial charge is 0.490 e. The summed E-state index contributed by atoms with van der Waals surface area (Å²) in [5.41, 5.74) is 4.89. The van der Waals surface area contributed by atoms with Gasteiger partial charge in [0.1, 0.15) is 11.8 Å². The minimum atomic E-state index is 0.00290. The predicted molar refractivity (Wildman–Crippen MR) is 126 cm³/mol. The molecule has 1 aromatic heterocycles. The van der Waals surface area contributed by atoms with Gasteiger partial charge in [-0.05, 0) is 62.4 Å². The van der Waals surface area contributed by atoms with Crippen LogP contribution >= 0.6 is 11.9 Å². The zero-order valence-electron chi connectivity index (χ0n) is 18.6. The molecule has 168 valence electrons. The van der Waals surface area contributed by atoms with Crippen molar-refractivity contribution in [2.45, 2.75) is 39.2 Å². The number of nitrogens with two attached hydrogens (primary N) is 1. The first kappa shape index (κ1) is 23.8. The summed E-state index contributed by atoms with van der Waals surface area (Å²) in [5, 5.41) is 18.6. The van der Waals surface area contributed by atoms with Crippen LogP contribution in [0, 0.1) is 11.3 Å². The smallest absolute Gasteiger partial charge is 0.258 e. The summed E-state index contributed by atoms with van der Waals surface area (Å²) in [6.07, 6.45) is 3.33. The number of fused-ring (bicyclic) bond motifs is 1. The Morgan fingerprint density at radius 2 is 2.09 bits per heavy atom. The standard InChI is InChI=1S/C21H19N3O2.C3H9NOS/c1-13(2)25-19-10-9-15(11-16(19)12-22)21-23-20(24-26-21)18-8-4-6-14-5-3-7-17(14)18;1-5-2-3-6-4/h4,6,8-11,13H,3,5,7H2,1-2H3;2-4H2,1H3. The van der Waals surface area contributed by atoms with Crippen LogP contribution in [0.25, 0.3) is 22.8 Å². The Kier molecular flexibility index (Phi) is 8.68. The van der Waals surface area contributed by atoms with Crippen LogP contribution in [0.3, 0.4) is 0 Å². The van der Waals surface area contributed by atoms with Crippen molar-refractivity contribution in [2.24, 2.45) is 5.14 Å². The molecule has 0 radical (unpaired) electrons. The molecule has 2 aromatic carbocycles. The molecule has 0 fully saturated rings. The van der Waals surface area contributed by atoms with Crippen LogP contribution in [0.1, 0.15) is 37.0 Å². The van der Waals surface area contributed by atoms with E-state index in [4.69, 9.17) is 14.4 Å². The van der Waals surface area contributed by atoms with Crippen molar-refractivity contribution in [3.8, 4) is 34.7 Å². The molecule has 0 bridgehead atoms. The molecule has 0 atom stereocenters. The molecule has 1 aliphatic carbocycles. The Morgan fingerprint density at radius 3 is 2.78 bits per heavy atom. The number of rotatable bonds is 7. The lowest BCUT2D eigenvalue weighted by Crippen LogP contribution is -2.06. The van der Waals surface area contributed by atoms with E-state index in [-0.39, 0.29) is 6.10 Å². The second-order valence-corrected chi connectivity index (χ2v) is 8.31. The van der Waals surface area contributed by atoms with Crippen molar-refractivity contribution in [1.29, 1.82) is 5.26 Å². The van der Waals surface area contributed by atoms with Crippen LogP contribution in [-0.4, -0.2) is 35.7 Å². The molecule has 7 nitrogen and oxygen atoms in total. The molecule has 0 unspecified atom stereocenters. The van der Waals surface area contributed by atoms with Gasteiger partial charge in [-0.2, -0.15) is 10.2 Å². The fourth-order valence-electron chi connectivity index (χ4n) is 3.52. The molecule has 0 spiro atoms. The number of benzene rings is 2. The van der Waals surface area contributed by atoms with E-state index in [1.54, 1.807) is 19.2 Å². The number of ether oxygens (including phenoxy) is 2. The van der Waals surface area contributed by atoms with Crippen molar-refractivity contribution in [2.75, 3.05) is 19.5 Å². The third kappa shape index (κ3) is 5.88. The highest BCUT2D eigenvalue weighted by Gasteiger charge is 2.20. The summed E-state index contributed by atoms with van der Waals surface area (Å²) in [6, 6.07) is 13.8. The van der Waals surface area contributed by atoms with Gasteiger partial charge in [0, 0.05) is 24.0 Å². The number of aromatic nitrogens is 2. The fourth-order valence-corrected chi connectivity index (χ4v) is 3.78. The van der Waals surface area contributed by atoms with Crippen molar-refractivity contribution >= 4 is 11.9 Å². The molecule has 32 heavy (non-hydrogen) atoms. The Labute approximate surface area is 193 Å². The first-order valence-corrected chi connectivity index (χ1v) is 11.6. The van der Waals surface area contributed by atoms with Gasteiger partial charge in [0.15, 0.2) is 0 Å². The molecular formula is C24H28N4O3S. The van der Waals surface area contributed by atoms with Crippen LogP contribution in [-0.2, 0) is 17.6 Å². The van der Waals surface area contributed by atoms with Crippen molar-refractivity contribution < 1.29 is 14.0 Å². The first-order chi connectivity index (χ1) is 15.6. The summed E-state index contributed by atoms with van der Waals surface area (Å²) in [7, 11) is 1.66. The first-order valence-electron chi connectivity index (χ1n) is 10.5. The molecule has 8 heteroatoms. The Morgan fingerprint density at radius 1 is 1.25 bits per heavy atom. The van der Waals surface area contributed by atoms with E-state index in [1.807, 2.05) is 32.0 Å². The van der Waals surface area contributed by atoms with Crippen LogP contribution < -0.4 is 9.88 Å². The highest BCUT2D eigenvalue weighted by Crippen LogP contribution is 2.32. The summed E-state index contributed by atoms with van der Waals surface area (Å²) < 4.78 is 15.8. The highest BCUT2D eigenvalue weighted by molar-refractivity contribution is 7.97. The molecule has 0 aliphatic heterocycles. The minimum absolute atomic E-state index is 0.00290. The van der Waals surface area contributed by atoms with E-state index < -0.39 is 0 Å². The van der Waals surface area contributed by atoms with E-state index in [0.717, 1.165) is 30.8 Å². The number of nitriles is 1. The van der Waals surface area contributed by atoms with E-state index in [2.05, 4.69) is 27.0 Å². The number of aryl methyl sites for hydroxylation is 1. The fraction of sp³-hybridized carbons (Fsp3) is 0.375. The summed E-state index contributed by atoms with van der Waals surface area (Å²) in [4.78, 5) is 4.57. The maximum Gasteiger partial charge on any atom is 0.258 e.